The second-order valence-electron chi connectivity index (χ2n) is 9.07. The van der Waals surface area contributed by atoms with Gasteiger partial charge in [0.2, 0.25) is 0 Å². The summed E-state index contributed by atoms with van der Waals surface area (Å²) in [5.74, 6) is 0.660. The van der Waals surface area contributed by atoms with E-state index in [1.807, 2.05) is 37.3 Å². The van der Waals surface area contributed by atoms with Gasteiger partial charge in [0.05, 0.1) is 52.9 Å². The minimum atomic E-state index is -0.422. The van der Waals surface area contributed by atoms with E-state index in [0.29, 0.717) is 77.2 Å². The average molecular weight is 575 g/mol. The minimum absolute atomic E-state index is 0.181. The number of fused-ring (bicyclic) bond motifs is 1. The van der Waals surface area contributed by atoms with Crippen LogP contribution in [0.2, 0.25) is 0 Å². The minimum Gasteiger partial charge on any atom is -0.491 e. The number of carbonyl (C=O) groups excluding carboxylic acids is 2. The van der Waals surface area contributed by atoms with Gasteiger partial charge in [0, 0.05) is 16.5 Å². The largest absolute Gasteiger partial charge is 0.491 e. The Labute approximate surface area is 242 Å². The molecule has 0 aliphatic rings. The van der Waals surface area contributed by atoms with Crippen molar-refractivity contribution in [3.8, 4) is 11.5 Å². The van der Waals surface area contributed by atoms with Gasteiger partial charge in [-0.05, 0) is 43.9 Å². The van der Waals surface area contributed by atoms with Crippen molar-refractivity contribution >= 4 is 22.7 Å². The van der Waals surface area contributed by atoms with Gasteiger partial charge in [-0.2, -0.15) is 0 Å². The summed E-state index contributed by atoms with van der Waals surface area (Å²) in [6.45, 7) is 16.4. The van der Waals surface area contributed by atoms with E-state index < -0.39 is 11.9 Å². The first-order chi connectivity index (χ1) is 19.8. The molecule has 0 bridgehead atoms. The maximum Gasteiger partial charge on any atom is 0.333 e. The van der Waals surface area contributed by atoms with Crippen LogP contribution in [0.5, 0.6) is 11.5 Å². The molecule has 0 heterocycles. The second-order valence-corrected chi connectivity index (χ2v) is 9.07. The molecule has 2 aromatic rings. The van der Waals surface area contributed by atoms with Crippen LogP contribution in [0.15, 0.2) is 54.6 Å². The third-order valence-electron chi connectivity index (χ3n) is 5.47. The van der Waals surface area contributed by atoms with Gasteiger partial charge >= 0.3 is 11.9 Å². The zero-order valence-corrected chi connectivity index (χ0v) is 24.4. The second kappa shape index (κ2) is 19.6. The smallest absolute Gasteiger partial charge is 0.333 e. The third kappa shape index (κ3) is 13.7. The molecule has 41 heavy (non-hydrogen) atoms. The Kier molecular flexibility index (Phi) is 16.1. The molecule has 0 saturated heterocycles. The van der Waals surface area contributed by atoms with E-state index in [1.54, 1.807) is 13.8 Å². The molecule has 2 rings (SSSR count). The fourth-order valence-corrected chi connectivity index (χ4v) is 3.36. The number of ether oxygens (including phenoxy) is 8. The predicted molar refractivity (Wildman–Crippen MR) is 154 cm³/mol. The highest BCUT2D eigenvalue weighted by atomic mass is 16.6. The van der Waals surface area contributed by atoms with Crippen molar-refractivity contribution < 1.29 is 47.5 Å². The van der Waals surface area contributed by atoms with Crippen LogP contribution in [0.1, 0.15) is 19.4 Å². The fraction of sp³-hybridized carbons (Fsp3) is 0.484. The summed E-state index contributed by atoms with van der Waals surface area (Å²) in [6, 6.07) is 9.94. The van der Waals surface area contributed by atoms with Gasteiger partial charge < -0.3 is 37.9 Å². The quantitative estimate of drug-likeness (QED) is 0.115. The molecule has 0 aromatic heterocycles. The first-order valence-corrected chi connectivity index (χ1v) is 13.5. The van der Waals surface area contributed by atoms with Crippen LogP contribution in [-0.2, 0) is 38.0 Å². The molecule has 0 amide bonds. The molecule has 0 radical (unpaired) electrons. The van der Waals surface area contributed by atoms with E-state index in [9.17, 15) is 9.59 Å². The summed E-state index contributed by atoms with van der Waals surface area (Å²) in [6.07, 6.45) is 0. The molecular formula is C31H42O10. The first-order valence-electron chi connectivity index (χ1n) is 13.5. The van der Waals surface area contributed by atoms with Crippen molar-refractivity contribution in [2.45, 2.75) is 20.8 Å². The molecule has 0 saturated carbocycles. The van der Waals surface area contributed by atoms with Crippen molar-refractivity contribution in [1.82, 2.24) is 0 Å². The highest BCUT2D eigenvalue weighted by molar-refractivity contribution is 5.90. The maximum absolute atomic E-state index is 11.3. The van der Waals surface area contributed by atoms with E-state index in [1.165, 1.54) is 0 Å². The fourth-order valence-electron chi connectivity index (χ4n) is 3.36. The summed E-state index contributed by atoms with van der Waals surface area (Å²) in [5, 5.41) is 2.00. The number of benzene rings is 2. The first kappa shape index (κ1) is 33.8. The lowest BCUT2D eigenvalue weighted by atomic mass is 10.1. The van der Waals surface area contributed by atoms with Crippen molar-refractivity contribution in [1.29, 1.82) is 0 Å². The van der Waals surface area contributed by atoms with Gasteiger partial charge in [-0.25, -0.2) is 9.59 Å². The molecule has 2 aromatic carbocycles. The van der Waals surface area contributed by atoms with E-state index >= 15 is 0 Å². The maximum atomic E-state index is 11.3. The Bertz CT molecular complexity index is 1130. The summed E-state index contributed by atoms with van der Waals surface area (Å²) in [5.41, 5.74) is 1.74. The summed E-state index contributed by atoms with van der Waals surface area (Å²) in [4.78, 5) is 22.6. The third-order valence-corrected chi connectivity index (χ3v) is 5.47. The monoisotopic (exact) mass is 574 g/mol. The summed E-state index contributed by atoms with van der Waals surface area (Å²) >= 11 is 0. The number of aryl methyl sites for hydroxylation is 1. The molecule has 0 unspecified atom stereocenters. The number of rotatable bonds is 22. The number of esters is 2. The van der Waals surface area contributed by atoms with Crippen LogP contribution < -0.4 is 9.47 Å². The van der Waals surface area contributed by atoms with Crippen molar-refractivity contribution in [3.05, 3.63) is 60.2 Å². The summed E-state index contributed by atoms with van der Waals surface area (Å²) < 4.78 is 43.7. The molecule has 0 aliphatic carbocycles. The Morgan fingerprint density at radius 2 is 1.05 bits per heavy atom. The zero-order chi connectivity index (χ0) is 29.9. The van der Waals surface area contributed by atoms with E-state index in [2.05, 4.69) is 13.2 Å². The van der Waals surface area contributed by atoms with Gasteiger partial charge in [-0.1, -0.05) is 31.4 Å². The van der Waals surface area contributed by atoms with Crippen LogP contribution in [0, 0.1) is 6.92 Å². The van der Waals surface area contributed by atoms with Crippen LogP contribution in [0.4, 0.5) is 0 Å². The molecule has 0 fully saturated rings. The van der Waals surface area contributed by atoms with E-state index in [-0.39, 0.29) is 13.2 Å². The van der Waals surface area contributed by atoms with Gasteiger partial charge in [0.1, 0.15) is 37.9 Å². The SMILES string of the molecule is C=C(C)C(=O)OCCOCCOCCOc1ccc2ccc(C)c(OCCOCCOCCOC(=O)C(=C)C)c2c1. The Morgan fingerprint density at radius 3 is 1.56 bits per heavy atom. The van der Waals surface area contributed by atoms with Crippen LogP contribution in [0.3, 0.4) is 0 Å². The zero-order valence-electron chi connectivity index (χ0n) is 24.4. The van der Waals surface area contributed by atoms with Crippen LogP contribution >= 0.6 is 0 Å². The van der Waals surface area contributed by atoms with Gasteiger partial charge in [0.15, 0.2) is 0 Å². The molecule has 0 aliphatic heterocycles. The molecule has 10 nitrogen and oxygen atoms in total. The predicted octanol–water partition coefficient (Wildman–Crippen LogP) is 4.21. The normalized spacial score (nSPS) is 10.8. The molecule has 0 spiro atoms. The molecule has 10 heteroatoms. The summed E-state index contributed by atoms with van der Waals surface area (Å²) in [7, 11) is 0. The molecular weight excluding hydrogens is 532 g/mol. The Hall–Kier alpha value is -3.44. The topological polar surface area (TPSA) is 108 Å². The standard InChI is InChI=1S/C31H42O10/c1-23(2)30(32)40-20-16-36-12-10-34-14-18-38-27-9-8-26-7-6-25(5)29(28(26)22-27)39-19-15-35-11-13-37-17-21-41-31(33)24(3)4/h6-9,22H,1,3,10-21H2,2,4-5H3. The van der Waals surface area contributed by atoms with Crippen LogP contribution in [-0.4, -0.2) is 91.2 Å². The van der Waals surface area contributed by atoms with E-state index in [4.69, 9.17) is 37.9 Å². The van der Waals surface area contributed by atoms with E-state index in [0.717, 1.165) is 27.8 Å². The van der Waals surface area contributed by atoms with Crippen molar-refractivity contribution in [2.75, 3.05) is 79.3 Å². The lowest BCUT2D eigenvalue weighted by Crippen LogP contribution is -2.14. The van der Waals surface area contributed by atoms with Gasteiger partial charge in [0.25, 0.3) is 0 Å². The van der Waals surface area contributed by atoms with Crippen molar-refractivity contribution in [3.63, 3.8) is 0 Å². The highest BCUT2D eigenvalue weighted by Gasteiger charge is 2.09. The number of hydrogen-bond acceptors (Lipinski definition) is 10. The van der Waals surface area contributed by atoms with Crippen LogP contribution in [0.25, 0.3) is 10.8 Å². The Morgan fingerprint density at radius 1 is 0.610 bits per heavy atom. The highest BCUT2D eigenvalue weighted by Crippen LogP contribution is 2.32. The number of carbonyl (C=O) groups is 2. The lowest BCUT2D eigenvalue weighted by Gasteiger charge is -2.14. The molecule has 0 atom stereocenters. The average Bonchev–Trinajstić information content (AvgIpc) is 2.95. The lowest BCUT2D eigenvalue weighted by molar-refractivity contribution is -0.141. The van der Waals surface area contributed by atoms with Gasteiger partial charge in [-0.15, -0.1) is 0 Å². The number of hydrogen-bond donors (Lipinski definition) is 0. The molecule has 226 valence electrons. The molecule has 0 N–H and O–H groups in total. The van der Waals surface area contributed by atoms with Crippen molar-refractivity contribution in [2.24, 2.45) is 0 Å². The Balaban J connectivity index is 1.63. The van der Waals surface area contributed by atoms with Gasteiger partial charge in [-0.3, -0.25) is 0 Å².